The van der Waals surface area contributed by atoms with Gasteiger partial charge in [0, 0.05) is 60.6 Å². The summed E-state index contributed by atoms with van der Waals surface area (Å²) in [6, 6.07) is 25.5. The summed E-state index contributed by atoms with van der Waals surface area (Å²) in [7, 11) is 0. The molecule has 1 aliphatic carbocycles. The number of pyridine rings is 1. The van der Waals surface area contributed by atoms with E-state index in [0.717, 1.165) is 36.4 Å². The highest BCUT2D eigenvalue weighted by atomic mass is 16.5. The van der Waals surface area contributed by atoms with Crippen molar-refractivity contribution in [2.75, 3.05) is 36.4 Å². The molecule has 8 rings (SSSR count). The van der Waals surface area contributed by atoms with Gasteiger partial charge in [-0.1, -0.05) is 42.5 Å². The topological polar surface area (TPSA) is 92.6 Å². The van der Waals surface area contributed by atoms with Crippen LogP contribution in [0.1, 0.15) is 46.8 Å². The highest BCUT2D eigenvalue weighted by molar-refractivity contribution is 5.99. The summed E-state index contributed by atoms with van der Waals surface area (Å²) < 4.78 is 7.82. The lowest BCUT2D eigenvalue weighted by Gasteiger charge is -2.38. The van der Waals surface area contributed by atoms with Crippen molar-refractivity contribution in [3.63, 3.8) is 0 Å². The highest BCUT2D eigenvalue weighted by Crippen LogP contribution is 2.33. The van der Waals surface area contributed by atoms with Crippen LogP contribution in [0, 0.1) is 6.92 Å². The second-order valence-corrected chi connectivity index (χ2v) is 12.6. The maximum absolute atomic E-state index is 14.2. The number of hydrogen-bond acceptors (Lipinski definition) is 8. The summed E-state index contributed by atoms with van der Waals surface area (Å²) >= 11 is 0. The zero-order valence-corrected chi connectivity index (χ0v) is 25.9. The molecule has 3 aromatic carbocycles. The highest BCUT2D eigenvalue weighted by Gasteiger charge is 2.31. The predicted molar refractivity (Wildman–Crippen MR) is 180 cm³/mol. The Hall–Kier alpha value is -5.02. The smallest absolute Gasteiger partial charge is 0.295 e. The van der Waals surface area contributed by atoms with Crippen molar-refractivity contribution in [2.24, 2.45) is 0 Å². The third-order valence-electron chi connectivity index (χ3n) is 9.69. The van der Waals surface area contributed by atoms with Crippen LogP contribution in [-0.2, 0) is 6.42 Å². The first-order valence-electron chi connectivity index (χ1n) is 16.1. The van der Waals surface area contributed by atoms with Gasteiger partial charge >= 0.3 is 0 Å². The van der Waals surface area contributed by atoms with Gasteiger partial charge in [0.1, 0.15) is 11.4 Å². The molecule has 0 saturated carbocycles. The molecule has 0 amide bonds. The molecule has 0 radical (unpaired) electrons. The Labute approximate surface area is 267 Å². The Kier molecular flexibility index (Phi) is 7.25. The number of benzene rings is 3. The first kappa shape index (κ1) is 28.5. The van der Waals surface area contributed by atoms with Crippen LogP contribution in [0.5, 0.6) is 11.5 Å². The molecule has 2 aromatic heterocycles. The molecule has 0 spiro atoms. The minimum atomic E-state index is -0.416. The fraction of sp³-hybridized carbons (Fsp3) is 0.297. The van der Waals surface area contributed by atoms with Crippen LogP contribution >= 0.6 is 0 Å². The third kappa shape index (κ3) is 5.30. The standard InChI is InChI=1S/C37H36N6O3/c1-24-7-2-5-11-33(24)46-34-20-26-22-38-37(39-27-12-14-28(15-13-27)42-18-17-41-16-6-9-29(41)23-42)40-35(26)43(36(34)45)30-19-25-8-3-4-10-31(25)32(44)21-30/h2-5,7-8,10-15,20,22,29-30H,6,9,16-19,21,23H2,1H3,(H,38,39,40). The van der Waals surface area contributed by atoms with Crippen LogP contribution in [-0.4, -0.2) is 57.4 Å². The van der Waals surface area contributed by atoms with Gasteiger partial charge in [-0.05, 0) is 80.3 Å². The fourth-order valence-corrected chi connectivity index (χ4v) is 7.27. The van der Waals surface area contributed by atoms with Crippen LogP contribution in [0.4, 0.5) is 17.3 Å². The molecular weight excluding hydrogens is 576 g/mol. The van der Waals surface area contributed by atoms with Crippen LogP contribution in [0.3, 0.4) is 0 Å². The van der Waals surface area contributed by atoms with Crippen LogP contribution in [0.25, 0.3) is 11.0 Å². The molecule has 3 aliphatic rings. The van der Waals surface area contributed by atoms with Crippen LogP contribution in [0.15, 0.2) is 89.9 Å². The van der Waals surface area contributed by atoms with E-state index in [0.29, 0.717) is 40.8 Å². The number of para-hydroxylation sites is 1. The Morgan fingerprint density at radius 3 is 2.57 bits per heavy atom. The lowest BCUT2D eigenvalue weighted by Crippen LogP contribution is -2.50. The fourth-order valence-electron chi connectivity index (χ4n) is 7.27. The lowest BCUT2D eigenvalue weighted by molar-refractivity contribution is 0.0951. The Morgan fingerprint density at radius 2 is 1.70 bits per heavy atom. The number of ether oxygens (including phenoxy) is 1. The Bertz CT molecular complexity index is 2010. The molecule has 1 N–H and O–H groups in total. The maximum atomic E-state index is 14.2. The van der Waals surface area contributed by atoms with Crippen molar-refractivity contribution in [3.05, 3.63) is 112 Å². The van der Waals surface area contributed by atoms with Crippen LogP contribution < -0.4 is 20.5 Å². The number of carbonyl (C=O) groups excluding carboxylic acids is 1. The number of piperazine rings is 1. The largest absolute Gasteiger partial charge is 0.451 e. The van der Waals surface area contributed by atoms with Crippen molar-refractivity contribution >= 4 is 34.1 Å². The van der Waals surface area contributed by atoms with Gasteiger partial charge in [0.2, 0.25) is 5.95 Å². The second-order valence-electron chi connectivity index (χ2n) is 12.6. The number of anilines is 3. The number of fused-ring (bicyclic) bond motifs is 3. The molecule has 9 nitrogen and oxygen atoms in total. The average molecular weight is 613 g/mol. The lowest BCUT2D eigenvalue weighted by atomic mass is 9.87. The Balaban J connectivity index is 1.13. The van der Waals surface area contributed by atoms with Gasteiger partial charge < -0.3 is 15.0 Å². The quantitative estimate of drug-likeness (QED) is 0.239. The Morgan fingerprint density at radius 1 is 0.870 bits per heavy atom. The molecule has 232 valence electrons. The minimum Gasteiger partial charge on any atom is -0.451 e. The number of aromatic nitrogens is 3. The first-order chi connectivity index (χ1) is 22.5. The van der Waals surface area contributed by atoms with Gasteiger partial charge in [-0.15, -0.1) is 0 Å². The summed E-state index contributed by atoms with van der Waals surface area (Å²) in [5.41, 5.74) is 4.77. The number of carbonyl (C=O) groups is 1. The van der Waals surface area contributed by atoms with Crippen molar-refractivity contribution in [1.29, 1.82) is 0 Å². The van der Waals surface area contributed by atoms with Crippen molar-refractivity contribution in [1.82, 2.24) is 19.4 Å². The molecular formula is C37H36N6O3. The van der Waals surface area contributed by atoms with E-state index < -0.39 is 6.04 Å². The second kappa shape index (κ2) is 11.7. The molecule has 46 heavy (non-hydrogen) atoms. The number of nitrogens with zero attached hydrogens (tertiary/aromatic N) is 5. The van der Waals surface area contributed by atoms with Gasteiger partial charge in [-0.25, -0.2) is 4.98 Å². The van der Waals surface area contributed by atoms with Crippen molar-refractivity contribution < 1.29 is 9.53 Å². The summed E-state index contributed by atoms with van der Waals surface area (Å²) in [6.45, 7) is 6.40. The molecule has 5 aromatic rings. The minimum absolute atomic E-state index is 0.0129. The van der Waals surface area contributed by atoms with E-state index in [9.17, 15) is 9.59 Å². The number of nitrogens with one attached hydrogen (secondary N) is 1. The molecule has 2 aliphatic heterocycles. The summed E-state index contributed by atoms with van der Waals surface area (Å²) in [6.07, 6.45) is 5.02. The SMILES string of the molecule is Cc1ccccc1Oc1cc2cnc(Nc3ccc(N4CCN5CCCC5C4)cc3)nc2n(C2CC(=O)c3ccccc3C2)c1=O. The average Bonchev–Trinajstić information content (AvgIpc) is 3.55. The predicted octanol–water partition coefficient (Wildman–Crippen LogP) is 6.29. The van der Waals surface area contributed by atoms with Crippen molar-refractivity contribution in [3.8, 4) is 11.5 Å². The monoisotopic (exact) mass is 612 g/mol. The van der Waals surface area contributed by atoms with Gasteiger partial charge in [0.25, 0.3) is 5.56 Å². The molecule has 2 fully saturated rings. The molecule has 9 heteroatoms. The summed E-state index contributed by atoms with van der Waals surface area (Å²) in [5.74, 6) is 1.16. The van der Waals surface area contributed by atoms with Gasteiger partial charge in [0.05, 0.1) is 6.04 Å². The first-order valence-corrected chi connectivity index (χ1v) is 16.1. The molecule has 4 heterocycles. The van der Waals surface area contributed by atoms with E-state index in [1.54, 1.807) is 16.8 Å². The van der Waals surface area contributed by atoms with Crippen LogP contribution in [0.2, 0.25) is 0 Å². The number of aryl methyl sites for hydroxylation is 1. The van der Waals surface area contributed by atoms with Gasteiger partial charge in [0.15, 0.2) is 11.5 Å². The van der Waals surface area contributed by atoms with Crippen molar-refractivity contribution in [2.45, 2.75) is 44.7 Å². The number of rotatable bonds is 6. The molecule has 0 bridgehead atoms. The zero-order chi connectivity index (χ0) is 31.2. The van der Waals surface area contributed by atoms with E-state index in [4.69, 9.17) is 9.72 Å². The third-order valence-corrected chi connectivity index (χ3v) is 9.69. The number of hydrogen-bond donors (Lipinski definition) is 1. The normalized spacial score (nSPS) is 19.6. The number of ketones is 1. The van der Waals surface area contributed by atoms with E-state index in [-0.39, 0.29) is 23.5 Å². The summed E-state index contributed by atoms with van der Waals surface area (Å²) in [4.78, 5) is 42.0. The molecule has 2 saturated heterocycles. The molecule has 2 atom stereocenters. The van der Waals surface area contributed by atoms with E-state index in [1.807, 2.05) is 67.6 Å². The van der Waals surface area contributed by atoms with Gasteiger partial charge in [-0.3, -0.25) is 19.1 Å². The van der Waals surface area contributed by atoms with Gasteiger partial charge in [-0.2, -0.15) is 4.98 Å². The number of Topliss-reactive ketones (excluding diaryl/α,β-unsaturated/α-hetero) is 1. The molecule has 2 unspecified atom stereocenters. The van der Waals surface area contributed by atoms with E-state index in [2.05, 4.69) is 32.2 Å². The zero-order valence-electron chi connectivity index (χ0n) is 25.9. The van der Waals surface area contributed by atoms with E-state index >= 15 is 0 Å². The maximum Gasteiger partial charge on any atom is 0.295 e. The van der Waals surface area contributed by atoms with E-state index in [1.165, 1.54) is 25.1 Å². The summed E-state index contributed by atoms with van der Waals surface area (Å²) in [5, 5.41) is 3.99.